The van der Waals surface area contributed by atoms with Crippen LogP contribution in [-0.2, 0) is 17.4 Å². The van der Waals surface area contributed by atoms with Crippen molar-refractivity contribution in [1.29, 1.82) is 0 Å². The Hall–Kier alpha value is -2.58. The molecule has 9 heteroatoms. The number of fused-ring (bicyclic) bond motifs is 1. The van der Waals surface area contributed by atoms with Gasteiger partial charge >= 0.3 is 6.18 Å². The highest BCUT2D eigenvalue weighted by molar-refractivity contribution is 5.94. The Balaban J connectivity index is 2.35. The van der Waals surface area contributed by atoms with Crippen LogP contribution in [0, 0.1) is 0 Å². The van der Waals surface area contributed by atoms with Gasteiger partial charge in [-0.2, -0.15) is 13.2 Å². The van der Waals surface area contributed by atoms with E-state index in [4.69, 9.17) is 0 Å². The Labute approximate surface area is 142 Å². The predicted molar refractivity (Wildman–Crippen MR) is 85.2 cm³/mol. The largest absolute Gasteiger partial charge is 0.417 e. The molecule has 0 aliphatic heterocycles. The Kier molecular flexibility index (Phi) is 5.66. The van der Waals surface area contributed by atoms with E-state index >= 15 is 0 Å². The van der Waals surface area contributed by atoms with Crippen LogP contribution >= 0.6 is 0 Å². The molecular weight excluding hydrogens is 337 g/mol. The fourth-order valence-electron chi connectivity index (χ4n) is 2.41. The van der Waals surface area contributed by atoms with Gasteiger partial charge in [0.25, 0.3) is 5.91 Å². The number of imidazole rings is 1. The molecule has 0 aromatic carbocycles. The van der Waals surface area contributed by atoms with Gasteiger partial charge in [-0.05, 0) is 18.6 Å². The van der Waals surface area contributed by atoms with Crippen LogP contribution in [0.1, 0.15) is 42.0 Å². The third-order valence-electron chi connectivity index (χ3n) is 3.50. The molecular formula is C16H19F3N4O2. The number of nitrogens with zero attached hydrogens (tertiary/aromatic N) is 2. The van der Waals surface area contributed by atoms with Crippen LogP contribution in [0.4, 0.5) is 13.2 Å². The van der Waals surface area contributed by atoms with Gasteiger partial charge in [0.15, 0.2) is 0 Å². The van der Waals surface area contributed by atoms with Crippen molar-refractivity contribution in [2.75, 3.05) is 13.1 Å². The summed E-state index contributed by atoms with van der Waals surface area (Å²) in [6.45, 7) is 3.64. The minimum absolute atomic E-state index is 0.0887. The first-order valence-electron chi connectivity index (χ1n) is 7.84. The van der Waals surface area contributed by atoms with E-state index in [2.05, 4.69) is 15.6 Å². The van der Waals surface area contributed by atoms with Crippen LogP contribution in [0.5, 0.6) is 0 Å². The van der Waals surface area contributed by atoms with E-state index in [0.29, 0.717) is 18.5 Å². The zero-order chi connectivity index (χ0) is 18.6. The number of aromatic nitrogens is 2. The molecule has 2 aromatic heterocycles. The molecule has 2 aromatic rings. The molecule has 0 fully saturated rings. The van der Waals surface area contributed by atoms with Crippen LogP contribution in [0.15, 0.2) is 18.3 Å². The molecule has 0 saturated carbocycles. The normalized spacial score (nSPS) is 11.6. The number of alkyl halides is 3. The summed E-state index contributed by atoms with van der Waals surface area (Å²) in [5.41, 5.74) is -0.0409. The minimum atomic E-state index is -4.51. The van der Waals surface area contributed by atoms with E-state index in [1.54, 1.807) is 0 Å². The molecule has 0 aliphatic carbocycles. The molecule has 6 nitrogen and oxygen atoms in total. The molecule has 136 valence electrons. The first-order chi connectivity index (χ1) is 11.7. The lowest BCUT2D eigenvalue weighted by Gasteiger charge is -2.10. The van der Waals surface area contributed by atoms with Gasteiger partial charge in [-0.25, -0.2) is 4.98 Å². The number of carbonyl (C=O) groups excluding carboxylic acids is 2. The summed E-state index contributed by atoms with van der Waals surface area (Å²) in [7, 11) is 0. The third-order valence-corrected chi connectivity index (χ3v) is 3.50. The van der Waals surface area contributed by atoms with Gasteiger partial charge in [-0.1, -0.05) is 13.3 Å². The van der Waals surface area contributed by atoms with Gasteiger partial charge in [0.2, 0.25) is 5.91 Å². The first-order valence-corrected chi connectivity index (χ1v) is 7.84. The zero-order valence-corrected chi connectivity index (χ0v) is 13.9. The maximum atomic E-state index is 13.0. The molecule has 0 bridgehead atoms. The molecule has 0 spiro atoms. The third kappa shape index (κ3) is 4.49. The van der Waals surface area contributed by atoms with Crippen molar-refractivity contribution in [3.05, 3.63) is 35.3 Å². The van der Waals surface area contributed by atoms with Crippen molar-refractivity contribution in [2.24, 2.45) is 0 Å². The predicted octanol–water partition coefficient (Wildman–Crippen LogP) is 2.17. The van der Waals surface area contributed by atoms with E-state index in [9.17, 15) is 22.8 Å². The number of carbonyl (C=O) groups is 2. The van der Waals surface area contributed by atoms with E-state index in [0.717, 1.165) is 12.3 Å². The smallest absolute Gasteiger partial charge is 0.355 e. The van der Waals surface area contributed by atoms with Crippen LogP contribution in [0.2, 0.25) is 0 Å². The standard InChI is InChI=1S/C16H19F3N4O2/c1-3-4-12-14(15(25)21-8-7-20-10(2)24)23-9-11(16(17,18)19)5-6-13(23)22-12/h5-6,9H,3-4,7-8H2,1-2H3,(H,20,24)(H,21,25). The van der Waals surface area contributed by atoms with Crippen molar-refractivity contribution >= 4 is 17.5 Å². The summed E-state index contributed by atoms with van der Waals surface area (Å²) in [4.78, 5) is 27.5. The number of aryl methyl sites for hydroxylation is 1. The monoisotopic (exact) mass is 356 g/mol. The van der Waals surface area contributed by atoms with Crippen molar-refractivity contribution in [3.63, 3.8) is 0 Å². The molecule has 2 amide bonds. The molecule has 0 radical (unpaired) electrons. The number of rotatable bonds is 6. The maximum absolute atomic E-state index is 13.0. The van der Waals surface area contributed by atoms with E-state index in [1.807, 2.05) is 6.92 Å². The van der Waals surface area contributed by atoms with Gasteiger partial charge in [-0.3, -0.25) is 14.0 Å². The summed E-state index contributed by atoms with van der Waals surface area (Å²) in [5, 5.41) is 5.12. The quantitative estimate of drug-likeness (QED) is 0.779. The SMILES string of the molecule is CCCc1nc2ccc(C(F)(F)F)cn2c1C(=O)NCCNC(C)=O. The number of hydrogen-bond acceptors (Lipinski definition) is 3. The lowest BCUT2D eigenvalue weighted by atomic mass is 10.2. The second-order valence-electron chi connectivity index (χ2n) is 5.54. The van der Waals surface area contributed by atoms with Crippen LogP contribution in [0.25, 0.3) is 5.65 Å². The summed E-state index contributed by atoms with van der Waals surface area (Å²) < 4.78 is 40.0. The molecule has 0 unspecified atom stereocenters. The van der Waals surface area contributed by atoms with Crippen molar-refractivity contribution in [3.8, 4) is 0 Å². The Bertz CT molecular complexity index is 784. The lowest BCUT2D eigenvalue weighted by Crippen LogP contribution is -2.34. The summed E-state index contributed by atoms with van der Waals surface area (Å²) in [5.74, 6) is -0.758. The summed E-state index contributed by atoms with van der Waals surface area (Å²) in [6, 6.07) is 2.19. The zero-order valence-electron chi connectivity index (χ0n) is 13.9. The van der Waals surface area contributed by atoms with Gasteiger partial charge < -0.3 is 10.6 Å². The van der Waals surface area contributed by atoms with Crippen LogP contribution in [0.3, 0.4) is 0 Å². The fourth-order valence-corrected chi connectivity index (χ4v) is 2.41. The maximum Gasteiger partial charge on any atom is 0.417 e. The Morgan fingerprint density at radius 3 is 2.48 bits per heavy atom. The molecule has 0 aliphatic rings. The highest BCUT2D eigenvalue weighted by Crippen LogP contribution is 2.30. The number of pyridine rings is 1. The molecule has 2 rings (SSSR count). The second kappa shape index (κ2) is 7.54. The summed E-state index contributed by atoms with van der Waals surface area (Å²) in [6.07, 6.45) is -2.47. The topological polar surface area (TPSA) is 75.5 Å². The van der Waals surface area contributed by atoms with Crippen molar-refractivity contribution in [1.82, 2.24) is 20.0 Å². The van der Waals surface area contributed by atoms with Crippen molar-refractivity contribution in [2.45, 2.75) is 32.9 Å². The summed E-state index contributed by atoms with van der Waals surface area (Å²) >= 11 is 0. The number of halogens is 3. The minimum Gasteiger partial charge on any atom is -0.355 e. The highest BCUT2D eigenvalue weighted by Gasteiger charge is 2.31. The molecule has 25 heavy (non-hydrogen) atoms. The average molecular weight is 356 g/mol. The first kappa shape index (κ1) is 18.8. The van der Waals surface area contributed by atoms with Crippen molar-refractivity contribution < 1.29 is 22.8 Å². The van der Waals surface area contributed by atoms with E-state index in [-0.39, 0.29) is 30.3 Å². The van der Waals surface area contributed by atoms with Gasteiger partial charge in [-0.15, -0.1) is 0 Å². The van der Waals surface area contributed by atoms with Gasteiger partial charge in [0.05, 0.1) is 11.3 Å². The Morgan fingerprint density at radius 2 is 1.88 bits per heavy atom. The molecule has 0 atom stereocenters. The molecule has 0 saturated heterocycles. The lowest BCUT2D eigenvalue weighted by molar-refractivity contribution is -0.137. The van der Waals surface area contributed by atoms with Crippen LogP contribution in [-0.4, -0.2) is 34.3 Å². The second-order valence-corrected chi connectivity index (χ2v) is 5.54. The Morgan fingerprint density at radius 1 is 1.20 bits per heavy atom. The number of nitrogens with one attached hydrogen (secondary N) is 2. The highest BCUT2D eigenvalue weighted by atomic mass is 19.4. The van der Waals surface area contributed by atoms with Crippen LogP contribution < -0.4 is 10.6 Å². The van der Waals surface area contributed by atoms with E-state index < -0.39 is 17.6 Å². The van der Waals surface area contributed by atoms with Gasteiger partial charge in [0, 0.05) is 26.2 Å². The number of amides is 2. The molecule has 2 heterocycles. The number of hydrogen-bond donors (Lipinski definition) is 2. The van der Waals surface area contributed by atoms with E-state index in [1.165, 1.54) is 17.4 Å². The van der Waals surface area contributed by atoms with Gasteiger partial charge in [0.1, 0.15) is 11.3 Å². The fraction of sp³-hybridized carbons (Fsp3) is 0.438. The molecule has 2 N–H and O–H groups in total. The average Bonchev–Trinajstić information content (AvgIpc) is 2.87.